The fourth-order valence-electron chi connectivity index (χ4n) is 4.58. The molecule has 0 radical (unpaired) electrons. The van der Waals surface area contributed by atoms with Gasteiger partial charge in [0.05, 0.1) is 22.1 Å². The summed E-state index contributed by atoms with van der Waals surface area (Å²) in [5.41, 5.74) is -1.56. The summed E-state index contributed by atoms with van der Waals surface area (Å²) in [6.07, 6.45) is -0.819. The molecule has 16 heteroatoms. The number of anilines is 3. The van der Waals surface area contributed by atoms with Crippen LogP contribution >= 0.6 is 0 Å². The number of rotatable bonds is 12. The van der Waals surface area contributed by atoms with Crippen LogP contribution in [0.4, 0.5) is 38.0 Å². The van der Waals surface area contributed by atoms with Crippen LogP contribution in [0.1, 0.15) is 19.4 Å². The second kappa shape index (κ2) is 13.6. The van der Waals surface area contributed by atoms with E-state index in [1.165, 1.54) is 53.4 Å². The van der Waals surface area contributed by atoms with Crippen molar-refractivity contribution >= 4 is 46.4 Å². The summed E-state index contributed by atoms with van der Waals surface area (Å²) in [5, 5.41) is 32.2. The Balaban J connectivity index is 1.67. The van der Waals surface area contributed by atoms with E-state index < -0.39 is 39.8 Å². The monoisotopic (exact) mass is 607 g/mol. The van der Waals surface area contributed by atoms with Crippen molar-refractivity contribution in [3.63, 3.8) is 0 Å². The molecule has 3 aromatic carbocycles. The van der Waals surface area contributed by atoms with Gasteiger partial charge < -0.3 is 35.6 Å². The third-order valence-electron chi connectivity index (χ3n) is 6.48. The van der Waals surface area contributed by atoms with E-state index >= 15 is 0 Å². The lowest BCUT2D eigenvalue weighted by molar-refractivity contribution is -0.385. The number of nitro benzene ring substituents is 2. The smallest absolute Gasteiger partial charge is 0.321 e. The molecule has 5 amide bonds. The first-order valence-corrected chi connectivity index (χ1v) is 13.4. The number of amides is 5. The normalized spacial score (nSPS) is 13.2. The van der Waals surface area contributed by atoms with Crippen molar-refractivity contribution in [3.8, 4) is 0 Å². The highest BCUT2D eigenvalue weighted by atomic mass is 16.7. The van der Waals surface area contributed by atoms with E-state index in [-0.39, 0.29) is 34.9 Å². The zero-order chi connectivity index (χ0) is 31.9. The van der Waals surface area contributed by atoms with Gasteiger partial charge in [0.15, 0.2) is 6.29 Å². The van der Waals surface area contributed by atoms with E-state index in [1.807, 2.05) is 0 Å². The van der Waals surface area contributed by atoms with Gasteiger partial charge in [0.1, 0.15) is 0 Å². The van der Waals surface area contributed by atoms with Crippen LogP contribution in [0.15, 0.2) is 72.8 Å². The number of non-ortho nitro benzene ring substituents is 2. The Bertz CT molecular complexity index is 1470. The average Bonchev–Trinajstić information content (AvgIpc) is 3.20. The predicted molar refractivity (Wildman–Crippen MR) is 158 cm³/mol. The molecule has 4 rings (SSSR count). The first-order chi connectivity index (χ1) is 21.1. The maximum absolute atomic E-state index is 14.2. The first-order valence-electron chi connectivity index (χ1n) is 13.4. The van der Waals surface area contributed by atoms with E-state index in [1.54, 1.807) is 38.1 Å². The number of para-hydroxylation sites is 1. The molecule has 230 valence electrons. The van der Waals surface area contributed by atoms with Gasteiger partial charge in [-0.1, -0.05) is 18.2 Å². The first kappa shape index (κ1) is 31.3. The number of carbonyl (C=O) groups excluding carboxylic acids is 3. The topological polar surface area (TPSA) is 207 Å². The van der Waals surface area contributed by atoms with E-state index in [2.05, 4.69) is 21.3 Å². The third-order valence-corrected chi connectivity index (χ3v) is 6.48. The van der Waals surface area contributed by atoms with Gasteiger partial charge in [0.2, 0.25) is 5.66 Å². The van der Waals surface area contributed by atoms with Gasteiger partial charge >= 0.3 is 12.1 Å². The maximum Gasteiger partial charge on any atom is 0.321 e. The molecule has 0 unspecified atom stereocenters. The number of nitrogens with one attached hydrogen (secondary N) is 4. The van der Waals surface area contributed by atoms with Crippen LogP contribution in [0.5, 0.6) is 0 Å². The number of carbonyl (C=O) groups is 3. The molecular formula is C28H29N7O9. The quantitative estimate of drug-likeness (QED) is 0.133. The Morgan fingerprint density at radius 2 is 1.25 bits per heavy atom. The van der Waals surface area contributed by atoms with E-state index in [0.29, 0.717) is 18.9 Å². The lowest BCUT2D eigenvalue weighted by Crippen LogP contribution is -2.65. The molecule has 0 atom stereocenters. The van der Waals surface area contributed by atoms with Gasteiger partial charge in [-0.15, -0.1) is 0 Å². The molecule has 0 aliphatic carbocycles. The number of nitrogens with zero attached hydrogens (tertiary/aromatic N) is 3. The number of nitro groups is 2. The van der Waals surface area contributed by atoms with Crippen molar-refractivity contribution in [1.29, 1.82) is 0 Å². The van der Waals surface area contributed by atoms with Gasteiger partial charge in [-0.3, -0.25) is 25.0 Å². The van der Waals surface area contributed by atoms with Crippen molar-refractivity contribution in [2.75, 3.05) is 35.3 Å². The number of urea groups is 2. The Hall–Kier alpha value is -5.61. The van der Waals surface area contributed by atoms with Gasteiger partial charge in [0.25, 0.3) is 17.3 Å². The summed E-state index contributed by atoms with van der Waals surface area (Å²) in [6, 6.07) is 14.7. The summed E-state index contributed by atoms with van der Waals surface area (Å²) in [4.78, 5) is 63.0. The molecule has 3 aromatic rings. The molecule has 16 nitrogen and oxygen atoms in total. The molecule has 0 spiro atoms. The van der Waals surface area contributed by atoms with E-state index in [4.69, 9.17) is 9.47 Å². The molecule has 0 saturated carbocycles. The van der Waals surface area contributed by atoms with Gasteiger partial charge in [0, 0.05) is 54.4 Å². The minimum absolute atomic E-state index is 0.0728. The summed E-state index contributed by atoms with van der Waals surface area (Å²) < 4.78 is 11.3. The van der Waals surface area contributed by atoms with E-state index in [0.717, 1.165) is 0 Å². The molecule has 1 aliphatic heterocycles. The lowest BCUT2D eigenvalue weighted by atomic mass is 10.0. The Labute approximate surface area is 250 Å². The van der Waals surface area contributed by atoms with Crippen LogP contribution in [0.25, 0.3) is 0 Å². The fraction of sp³-hybridized carbons (Fsp3) is 0.250. The molecule has 0 fully saturated rings. The van der Waals surface area contributed by atoms with Crippen LogP contribution < -0.4 is 26.2 Å². The molecule has 1 aliphatic rings. The zero-order valence-electron chi connectivity index (χ0n) is 23.6. The summed E-state index contributed by atoms with van der Waals surface area (Å²) in [7, 11) is 0. The highest BCUT2D eigenvalue weighted by Crippen LogP contribution is 2.39. The second-order valence-corrected chi connectivity index (χ2v) is 9.29. The van der Waals surface area contributed by atoms with Crippen molar-refractivity contribution in [2.24, 2.45) is 0 Å². The van der Waals surface area contributed by atoms with Gasteiger partial charge in [-0.25, -0.2) is 9.59 Å². The predicted octanol–water partition coefficient (Wildman–Crippen LogP) is 4.04. The minimum Gasteiger partial charge on any atom is -0.351 e. The average molecular weight is 608 g/mol. The van der Waals surface area contributed by atoms with Crippen molar-refractivity contribution in [2.45, 2.75) is 25.8 Å². The number of hydrogen-bond acceptors (Lipinski definition) is 9. The Morgan fingerprint density at radius 1 is 0.795 bits per heavy atom. The molecule has 44 heavy (non-hydrogen) atoms. The number of benzene rings is 3. The fourth-order valence-corrected chi connectivity index (χ4v) is 4.58. The highest BCUT2D eigenvalue weighted by molar-refractivity contribution is 6.12. The molecule has 0 aromatic heterocycles. The van der Waals surface area contributed by atoms with Crippen molar-refractivity contribution < 1.29 is 33.7 Å². The minimum atomic E-state index is -2.14. The lowest BCUT2D eigenvalue weighted by Gasteiger charge is -2.31. The molecule has 4 N–H and O–H groups in total. The Kier molecular flexibility index (Phi) is 9.67. The zero-order valence-corrected chi connectivity index (χ0v) is 23.6. The Morgan fingerprint density at radius 3 is 1.68 bits per heavy atom. The third kappa shape index (κ3) is 6.88. The van der Waals surface area contributed by atoms with Crippen LogP contribution in [0, 0.1) is 20.2 Å². The molecule has 0 saturated heterocycles. The SMILES string of the molecule is CCOC(CN1C(=O)C(NC(=O)Nc2ccc([N+](=O)[O-])cc2)(NC(=O)Nc2ccc([N+](=O)[O-])cc2)c2ccccc21)OCC. The number of hydrogen-bond donors (Lipinski definition) is 4. The molecular weight excluding hydrogens is 578 g/mol. The number of fused-ring (bicyclic) bond motifs is 1. The van der Waals surface area contributed by atoms with Gasteiger partial charge in [-0.05, 0) is 44.2 Å². The van der Waals surface area contributed by atoms with Crippen LogP contribution in [-0.2, 0) is 19.9 Å². The summed E-state index contributed by atoms with van der Waals surface area (Å²) >= 11 is 0. The summed E-state index contributed by atoms with van der Waals surface area (Å²) in [6.45, 7) is 4.06. The van der Waals surface area contributed by atoms with E-state index in [9.17, 15) is 34.6 Å². The molecule has 0 bridgehead atoms. The van der Waals surface area contributed by atoms with Crippen LogP contribution in [-0.4, -0.2) is 53.9 Å². The van der Waals surface area contributed by atoms with Crippen molar-refractivity contribution in [3.05, 3.63) is 98.6 Å². The summed E-state index contributed by atoms with van der Waals surface area (Å²) in [5.74, 6) is -0.735. The standard InChI is InChI=1S/C28H29N7O9/c1-3-43-24(44-4-2)17-33-23-8-6-5-7-22(23)28(25(33)36,31-26(37)29-18-9-13-20(14-10-18)34(39)40)32-27(38)30-19-11-15-21(16-12-19)35(41)42/h5-16,24H,3-4,17H2,1-2H3,(H2,29,31,37)(H2,30,32,38). The maximum atomic E-state index is 14.2. The van der Waals surface area contributed by atoms with Crippen LogP contribution in [0.2, 0.25) is 0 Å². The largest absolute Gasteiger partial charge is 0.351 e. The second-order valence-electron chi connectivity index (χ2n) is 9.29. The highest BCUT2D eigenvalue weighted by Gasteiger charge is 2.54. The van der Waals surface area contributed by atoms with Crippen LogP contribution in [0.3, 0.4) is 0 Å². The molecule has 1 heterocycles. The van der Waals surface area contributed by atoms with Gasteiger partial charge in [-0.2, -0.15) is 0 Å². The number of ether oxygens (including phenoxy) is 2. The van der Waals surface area contributed by atoms with Crippen molar-refractivity contribution in [1.82, 2.24) is 10.6 Å².